The van der Waals surface area contributed by atoms with Crippen molar-refractivity contribution in [1.29, 1.82) is 0 Å². The van der Waals surface area contributed by atoms with Crippen molar-refractivity contribution in [2.24, 2.45) is 5.16 Å². The van der Waals surface area contributed by atoms with Gasteiger partial charge in [0, 0.05) is 30.3 Å². The van der Waals surface area contributed by atoms with Gasteiger partial charge in [0.1, 0.15) is 12.4 Å². The van der Waals surface area contributed by atoms with Crippen LogP contribution < -0.4 is 4.74 Å². The molecule has 3 rings (SSSR count). The summed E-state index contributed by atoms with van der Waals surface area (Å²) in [6.07, 6.45) is 0. The number of thioether (sulfide) groups is 1. The molecule has 0 unspecified atom stereocenters. The maximum Gasteiger partial charge on any atom is 0.225 e. The Bertz CT molecular complexity index is 764. The predicted octanol–water partition coefficient (Wildman–Crippen LogP) is 3.29. The number of pyridine rings is 1. The standard InChI is InChI=1S/C18H20FN3O2S/c1-13-5-6-16(17(21-23)22-7-9-25-10-8-22)18(20-13)24-12-14-3-2-4-15(19)11-14/h2-6,11,23H,7-10,12H2,1H3/b21-17-. The molecule has 1 aliphatic heterocycles. The van der Waals surface area contributed by atoms with E-state index < -0.39 is 0 Å². The van der Waals surface area contributed by atoms with Crippen LogP contribution in [0.15, 0.2) is 41.6 Å². The zero-order valence-corrected chi connectivity index (χ0v) is 14.8. The van der Waals surface area contributed by atoms with Gasteiger partial charge in [0.05, 0.1) is 5.56 Å². The van der Waals surface area contributed by atoms with Crippen molar-refractivity contribution in [1.82, 2.24) is 9.88 Å². The molecule has 0 atom stereocenters. The summed E-state index contributed by atoms with van der Waals surface area (Å²) in [5, 5.41) is 13.0. The third-order valence-corrected chi connectivity index (χ3v) is 4.85. The number of benzene rings is 1. The molecule has 2 heterocycles. The average Bonchev–Trinajstić information content (AvgIpc) is 2.63. The molecule has 1 aromatic carbocycles. The van der Waals surface area contributed by atoms with Crippen LogP contribution in [-0.4, -0.2) is 45.5 Å². The second-order valence-electron chi connectivity index (χ2n) is 5.75. The van der Waals surface area contributed by atoms with Crippen LogP contribution >= 0.6 is 11.8 Å². The third kappa shape index (κ3) is 4.42. The summed E-state index contributed by atoms with van der Waals surface area (Å²) >= 11 is 1.88. The molecule has 1 aromatic heterocycles. The van der Waals surface area contributed by atoms with Crippen LogP contribution in [0.4, 0.5) is 4.39 Å². The van der Waals surface area contributed by atoms with E-state index in [1.807, 2.05) is 35.7 Å². The molecular formula is C18H20FN3O2S. The second-order valence-corrected chi connectivity index (χ2v) is 6.97. The molecule has 132 valence electrons. The zero-order valence-electron chi connectivity index (χ0n) is 14.0. The van der Waals surface area contributed by atoms with E-state index in [0.717, 1.165) is 30.3 Å². The van der Waals surface area contributed by atoms with Gasteiger partial charge in [-0.05, 0) is 36.8 Å². The molecule has 1 N–H and O–H groups in total. The number of amidine groups is 1. The second kappa shape index (κ2) is 8.20. The maximum absolute atomic E-state index is 13.3. The number of rotatable bonds is 4. The van der Waals surface area contributed by atoms with Gasteiger partial charge in [-0.15, -0.1) is 0 Å². The first-order valence-electron chi connectivity index (χ1n) is 8.07. The molecule has 2 aromatic rings. The summed E-state index contributed by atoms with van der Waals surface area (Å²) < 4.78 is 19.2. The molecule has 0 radical (unpaired) electrons. The number of oxime groups is 1. The minimum Gasteiger partial charge on any atom is -0.472 e. The Morgan fingerprint density at radius 2 is 2.12 bits per heavy atom. The molecule has 0 spiro atoms. The van der Waals surface area contributed by atoms with Crippen molar-refractivity contribution in [3.63, 3.8) is 0 Å². The van der Waals surface area contributed by atoms with Crippen molar-refractivity contribution in [3.05, 3.63) is 59.0 Å². The summed E-state index contributed by atoms with van der Waals surface area (Å²) in [5.41, 5.74) is 2.15. The predicted molar refractivity (Wildman–Crippen MR) is 96.9 cm³/mol. The SMILES string of the molecule is Cc1ccc(/C(=N/O)N2CCSCC2)c(OCc2cccc(F)c2)n1. The van der Waals surface area contributed by atoms with Gasteiger partial charge < -0.3 is 14.8 Å². The Kier molecular flexibility index (Phi) is 5.75. The minimum atomic E-state index is -0.304. The molecule has 0 aliphatic carbocycles. The van der Waals surface area contributed by atoms with E-state index in [1.54, 1.807) is 12.1 Å². The lowest BCUT2D eigenvalue weighted by Crippen LogP contribution is -2.38. The van der Waals surface area contributed by atoms with Crippen LogP contribution in [-0.2, 0) is 6.61 Å². The van der Waals surface area contributed by atoms with E-state index in [1.165, 1.54) is 12.1 Å². The zero-order chi connectivity index (χ0) is 17.6. The van der Waals surface area contributed by atoms with Gasteiger partial charge in [0.15, 0.2) is 5.84 Å². The van der Waals surface area contributed by atoms with Crippen LogP contribution in [0.1, 0.15) is 16.8 Å². The highest BCUT2D eigenvalue weighted by Gasteiger charge is 2.21. The maximum atomic E-state index is 13.3. The van der Waals surface area contributed by atoms with E-state index in [0.29, 0.717) is 22.8 Å². The van der Waals surface area contributed by atoms with Crippen LogP contribution in [0.3, 0.4) is 0 Å². The first-order valence-corrected chi connectivity index (χ1v) is 9.23. The fraction of sp³-hybridized carbons (Fsp3) is 0.333. The number of halogens is 1. The van der Waals surface area contributed by atoms with Gasteiger partial charge in [0.25, 0.3) is 0 Å². The average molecular weight is 361 g/mol. The Hall–Kier alpha value is -2.28. The van der Waals surface area contributed by atoms with Crippen molar-refractivity contribution < 1.29 is 14.3 Å². The lowest BCUT2D eigenvalue weighted by atomic mass is 10.2. The molecule has 0 saturated carbocycles. The van der Waals surface area contributed by atoms with Gasteiger partial charge >= 0.3 is 0 Å². The minimum absolute atomic E-state index is 0.190. The van der Waals surface area contributed by atoms with Gasteiger partial charge in [-0.25, -0.2) is 9.37 Å². The molecule has 1 aliphatic rings. The normalized spacial score (nSPS) is 15.3. The molecule has 25 heavy (non-hydrogen) atoms. The number of nitrogens with zero attached hydrogens (tertiary/aromatic N) is 3. The highest BCUT2D eigenvalue weighted by Crippen LogP contribution is 2.22. The van der Waals surface area contributed by atoms with Crippen molar-refractivity contribution >= 4 is 17.6 Å². The van der Waals surface area contributed by atoms with Crippen LogP contribution in [0.5, 0.6) is 5.88 Å². The lowest BCUT2D eigenvalue weighted by Gasteiger charge is -2.29. The van der Waals surface area contributed by atoms with Crippen molar-refractivity contribution in [3.8, 4) is 5.88 Å². The third-order valence-electron chi connectivity index (χ3n) is 3.91. The molecule has 7 heteroatoms. The van der Waals surface area contributed by atoms with Crippen LogP contribution in [0.2, 0.25) is 0 Å². The Morgan fingerprint density at radius 1 is 1.32 bits per heavy atom. The van der Waals surface area contributed by atoms with E-state index in [2.05, 4.69) is 10.1 Å². The number of ether oxygens (including phenoxy) is 1. The summed E-state index contributed by atoms with van der Waals surface area (Å²) in [6, 6.07) is 9.96. The number of aromatic nitrogens is 1. The van der Waals surface area contributed by atoms with Gasteiger partial charge in [-0.3, -0.25) is 0 Å². The summed E-state index contributed by atoms with van der Waals surface area (Å²) in [7, 11) is 0. The molecule has 5 nitrogen and oxygen atoms in total. The fourth-order valence-corrected chi connectivity index (χ4v) is 3.56. The topological polar surface area (TPSA) is 58.0 Å². The Morgan fingerprint density at radius 3 is 2.84 bits per heavy atom. The monoisotopic (exact) mass is 361 g/mol. The quantitative estimate of drug-likeness (QED) is 0.392. The van der Waals surface area contributed by atoms with Gasteiger partial charge in [-0.2, -0.15) is 11.8 Å². The number of aryl methyl sites for hydroxylation is 1. The summed E-state index contributed by atoms with van der Waals surface area (Å²) in [6.45, 7) is 3.67. The van der Waals surface area contributed by atoms with E-state index >= 15 is 0 Å². The van der Waals surface area contributed by atoms with E-state index in [-0.39, 0.29) is 12.4 Å². The van der Waals surface area contributed by atoms with E-state index in [9.17, 15) is 9.60 Å². The first kappa shape index (κ1) is 17.5. The molecular weight excluding hydrogens is 341 g/mol. The molecule has 0 amide bonds. The van der Waals surface area contributed by atoms with Crippen molar-refractivity contribution in [2.75, 3.05) is 24.6 Å². The smallest absolute Gasteiger partial charge is 0.225 e. The molecule has 1 fully saturated rings. The Balaban J connectivity index is 1.84. The van der Waals surface area contributed by atoms with Crippen LogP contribution in [0, 0.1) is 12.7 Å². The first-order chi connectivity index (χ1) is 12.2. The van der Waals surface area contributed by atoms with Gasteiger partial charge in [0.2, 0.25) is 5.88 Å². The summed E-state index contributed by atoms with van der Waals surface area (Å²) in [4.78, 5) is 6.46. The summed E-state index contributed by atoms with van der Waals surface area (Å²) in [5.74, 6) is 2.51. The number of hydrogen-bond donors (Lipinski definition) is 1. The van der Waals surface area contributed by atoms with Crippen molar-refractivity contribution in [2.45, 2.75) is 13.5 Å². The number of hydrogen-bond acceptors (Lipinski definition) is 5. The largest absolute Gasteiger partial charge is 0.472 e. The van der Waals surface area contributed by atoms with E-state index in [4.69, 9.17) is 4.74 Å². The fourth-order valence-electron chi connectivity index (χ4n) is 2.65. The highest BCUT2D eigenvalue weighted by molar-refractivity contribution is 7.99. The molecule has 0 bridgehead atoms. The highest BCUT2D eigenvalue weighted by atomic mass is 32.2. The van der Waals surface area contributed by atoms with Gasteiger partial charge in [-0.1, -0.05) is 17.3 Å². The molecule has 1 saturated heterocycles. The van der Waals surface area contributed by atoms with Crippen LogP contribution in [0.25, 0.3) is 0 Å². The lowest BCUT2D eigenvalue weighted by molar-refractivity contribution is 0.286. The Labute approximate surface area is 150 Å².